The van der Waals surface area contributed by atoms with Crippen molar-refractivity contribution in [2.45, 2.75) is 32.4 Å². The van der Waals surface area contributed by atoms with Crippen LogP contribution in [0.5, 0.6) is 0 Å². The van der Waals surface area contributed by atoms with Gasteiger partial charge in [0.05, 0.1) is 12.3 Å². The summed E-state index contributed by atoms with van der Waals surface area (Å²) in [5, 5.41) is 4.36. The molecule has 5 heteroatoms. The van der Waals surface area contributed by atoms with Crippen LogP contribution in [0, 0.1) is 0 Å². The van der Waals surface area contributed by atoms with Crippen molar-refractivity contribution in [1.82, 2.24) is 15.2 Å². The highest BCUT2D eigenvalue weighted by molar-refractivity contribution is 7.11. The van der Waals surface area contributed by atoms with Gasteiger partial charge >= 0.3 is 0 Å². The lowest BCUT2D eigenvalue weighted by Crippen LogP contribution is -2.35. The fraction of sp³-hybridized carbons (Fsp3) is 0.769. The summed E-state index contributed by atoms with van der Waals surface area (Å²) in [6.45, 7) is 8.07. The number of morpholine rings is 1. The Morgan fingerprint density at radius 3 is 2.94 bits per heavy atom. The Kier molecular flexibility index (Phi) is 4.72. The summed E-state index contributed by atoms with van der Waals surface area (Å²) in [6, 6.07) is 0. The lowest BCUT2D eigenvalue weighted by atomic mass is 10.1. The molecule has 102 valence electrons. The van der Waals surface area contributed by atoms with Gasteiger partial charge in [-0.2, -0.15) is 0 Å². The molecular formula is C13H23N3OS. The van der Waals surface area contributed by atoms with E-state index < -0.39 is 0 Å². The summed E-state index contributed by atoms with van der Waals surface area (Å²) in [5.74, 6) is 0.472. The molecule has 1 atom stereocenters. The summed E-state index contributed by atoms with van der Waals surface area (Å²) in [4.78, 5) is 8.47. The fourth-order valence-corrected chi connectivity index (χ4v) is 3.46. The van der Waals surface area contributed by atoms with E-state index in [2.05, 4.69) is 31.1 Å². The Morgan fingerprint density at radius 2 is 2.33 bits per heavy atom. The van der Waals surface area contributed by atoms with Crippen LogP contribution >= 0.6 is 11.3 Å². The molecule has 1 unspecified atom stereocenters. The second kappa shape index (κ2) is 6.10. The SMILES string of the molecule is CNCc1sc(C2CN(C)CCO2)nc1C(C)C. The summed E-state index contributed by atoms with van der Waals surface area (Å²) in [5.41, 5.74) is 1.22. The Bertz CT molecular complexity index is 392. The van der Waals surface area contributed by atoms with Crippen LogP contribution in [0.3, 0.4) is 0 Å². The number of likely N-dealkylation sites (N-methyl/N-ethyl adjacent to an activating group) is 1. The van der Waals surface area contributed by atoms with Crippen molar-refractivity contribution in [2.75, 3.05) is 33.8 Å². The van der Waals surface area contributed by atoms with Crippen molar-refractivity contribution in [3.63, 3.8) is 0 Å². The third kappa shape index (κ3) is 3.09. The number of nitrogens with zero attached hydrogens (tertiary/aromatic N) is 2. The van der Waals surface area contributed by atoms with Crippen LogP contribution in [0.4, 0.5) is 0 Å². The molecule has 0 radical (unpaired) electrons. The molecule has 1 aliphatic heterocycles. The van der Waals surface area contributed by atoms with Gasteiger partial charge in [-0.05, 0) is 20.0 Å². The summed E-state index contributed by atoms with van der Waals surface area (Å²) < 4.78 is 5.85. The normalized spacial score (nSPS) is 21.7. The van der Waals surface area contributed by atoms with Crippen molar-refractivity contribution in [1.29, 1.82) is 0 Å². The van der Waals surface area contributed by atoms with Gasteiger partial charge in [-0.3, -0.25) is 0 Å². The lowest BCUT2D eigenvalue weighted by molar-refractivity contribution is -0.0210. The summed E-state index contributed by atoms with van der Waals surface area (Å²) in [6.07, 6.45) is 0.150. The van der Waals surface area contributed by atoms with E-state index in [4.69, 9.17) is 9.72 Å². The number of thiazole rings is 1. The number of hydrogen-bond donors (Lipinski definition) is 1. The van der Waals surface area contributed by atoms with Crippen LogP contribution < -0.4 is 5.32 Å². The molecule has 1 saturated heterocycles. The van der Waals surface area contributed by atoms with E-state index in [9.17, 15) is 0 Å². The highest BCUT2D eigenvalue weighted by Crippen LogP contribution is 2.31. The predicted octanol–water partition coefficient (Wildman–Crippen LogP) is 1.99. The molecule has 1 fully saturated rings. The molecule has 2 heterocycles. The maximum atomic E-state index is 5.85. The zero-order valence-electron chi connectivity index (χ0n) is 11.7. The van der Waals surface area contributed by atoms with Crippen LogP contribution in [-0.4, -0.2) is 43.7 Å². The van der Waals surface area contributed by atoms with Crippen molar-refractivity contribution >= 4 is 11.3 Å². The molecule has 0 aromatic carbocycles. The average Bonchev–Trinajstić information content (AvgIpc) is 2.74. The predicted molar refractivity (Wildman–Crippen MR) is 75.2 cm³/mol. The van der Waals surface area contributed by atoms with Crippen molar-refractivity contribution < 1.29 is 4.74 Å². The van der Waals surface area contributed by atoms with Gasteiger partial charge in [0.2, 0.25) is 0 Å². The molecule has 0 bridgehead atoms. The first-order chi connectivity index (χ1) is 8.61. The molecule has 18 heavy (non-hydrogen) atoms. The molecule has 0 saturated carbocycles. The zero-order chi connectivity index (χ0) is 13.1. The molecule has 0 spiro atoms. The fourth-order valence-electron chi connectivity index (χ4n) is 2.19. The Hall–Kier alpha value is -0.490. The largest absolute Gasteiger partial charge is 0.368 e. The second-order valence-corrected chi connectivity index (χ2v) is 6.28. The standard InChI is InChI=1S/C13H23N3OS/c1-9(2)12-11(7-14-3)18-13(15-12)10-8-16(4)5-6-17-10/h9-10,14H,5-8H2,1-4H3. The maximum Gasteiger partial charge on any atom is 0.123 e. The van der Waals surface area contributed by atoms with E-state index in [0.29, 0.717) is 5.92 Å². The molecule has 1 N–H and O–H groups in total. The van der Waals surface area contributed by atoms with Crippen molar-refractivity contribution in [2.24, 2.45) is 0 Å². The smallest absolute Gasteiger partial charge is 0.123 e. The number of rotatable bonds is 4. The number of nitrogens with one attached hydrogen (secondary N) is 1. The van der Waals surface area contributed by atoms with E-state index in [1.807, 2.05) is 7.05 Å². The summed E-state index contributed by atoms with van der Waals surface area (Å²) in [7, 11) is 4.12. The molecule has 2 rings (SSSR count). The second-order valence-electron chi connectivity index (χ2n) is 5.17. The van der Waals surface area contributed by atoms with Crippen LogP contribution in [0.25, 0.3) is 0 Å². The highest BCUT2D eigenvalue weighted by atomic mass is 32.1. The van der Waals surface area contributed by atoms with E-state index in [1.54, 1.807) is 11.3 Å². The molecule has 0 aliphatic carbocycles. The van der Waals surface area contributed by atoms with Crippen LogP contribution in [0.1, 0.15) is 41.4 Å². The van der Waals surface area contributed by atoms with Gasteiger partial charge in [0.25, 0.3) is 0 Å². The van der Waals surface area contributed by atoms with Gasteiger partial charge in [-0.15, -0.1) is 11.3 Å². The third-order valence-corrected chi connectivity index (χ3v) is 4.34. The van der Waals surface area contributed by atoms with Gasteiger partial charge in [0.15, 0.2) is 0 Å². The first kappa shape index (κ1) is 13.9. The van der Waals surface area contributed by atoms with Crippen molar-refractivity contribution in [3.8, 4) is 0 Å². The Balaban J connectivity index is 2.19. The molecule has 1 aliphatic rings. The first-order valence-corrected chi connectivity index (χ1v) is 7.37. The van der Waals surface area contributed by atoms with Crippen LogP contribution in [0.2, 0.25) is 0 Å². The summed E-state index contributed by atoms with van der Waals surface area (Å²) >= 11 is 1.80. The number of ether oxygens (including phenoxy) is 1. The van der Waals surface area contributed by atoms with Gasteiger partial charge in [-0.25, -0.2) is 4.98 Å². The number of hydrogen-bond acceptors (Lipinski definition) is 5. The topological polar surface area (TPSA) is 37.4 Å². The van der Waals surface area contributed by atoms with E-state index in [0.717, 1.165) is 31.2 Å². The Morgan fingerprint density at radius 1 is 1.56 bits per heavy atom. The molecule has 0 amide bonds. The van der Waals surface area contributed by atoms with E-state index >= 15 is 0 Å². The van der Waals surface area contributed by atoms with Crippen LogP contribution in [-0.2, 0) is 11.3 Å². The molecule has 1 aromatic heterocycles. The molecular weight excluding hydrogens is 246 g/mol. The highest BCUT2D eigenvalue weighted by Gasteiger charge is 2.24. The molecule has 4 nitrogen and oxygen atoms in total. The van der Waals surface area contributed by atoms with Gasteiger partial charge < -0.3 is 15.0 Å². The number of aromatic nitrogens is 1. The minimum atomic E-state index is 0.150. The third-order valence-electron chi connectivity index (χ3n) is 3.17. The first-order valence-electron chi connectivity index (χ1n) is 6.56. The average molecular weight is 269 g/mol. The van der Waals surface area contributed by atoms with E-state index in [1.165, 1.54) is 10.6 Å². The minimum Gasteiger partial charge on any atom is -0.368 e. The maximum absolute atomic E-state index is 5.85. The van der Waals surface area contributed by atoms with Gasteiger partial charge in [0, 0.05) is 24.5 Å². The minimum absolute atomic E-state index is 0.150. The van der Waals surface area contributed by atoms with E-state index in [-0.39, 0.29) is 6.10 Å². The molecule has 1 aromatic rings. The lowest BCUT2D eigenvalue weighted by Gasteiger charge is -2.28. The van der Waals surface area contributed by atoms with Gasteiger partial charge in [-0.1, -0.05) is 13.8 Å². The Labute approximate surface area is 113 Å². The van der Waals surface area contributed by atoms with Crippen LogP contribution in [0.15, 0.2) is 0 Å². The zero-order valence-corrected chi connectivity index (χ0v) is 12.5. The van der Waals surface area contributed by atoms with Gasteiger partial charge in [0.1, 0.15) is 11.1 Å². The van der Waals surface area contributed by atoms with Crippen molar-refractivity contribution in [3.05, 3.63) is 15.6 Å². The monoisotopic (exact) mass is 269 g/mol. The quantitative estimate of drug-likeness (QED) is 0.907.